The van der Waals surface area contributed by atoms with Crippen molar-refractivity contribution in [3.05, 3.63) is 17.5 Å². The predicted molar refractivity (Wildman–Crippen MR) is 61.2 cm³/mol. The number of ether oxygens (including phenoxy) is 1. The monoisotopic (exact) mass is 234 g/mol. The molecule has 0 amide bonds. The number of esters is 1. The van der Waals surface area contributed by atoms with Gasteiger partial charge in [-0.1, -0.05) is 0 Å². The van der Waals surface area contributed by atoms with Crippen LogP contribution in [0.2, 0.25) is 0 Å². The summed E-state index contributed by atoms with van der Waals surface area (Å²) in [5.41, 5.74) is 1.01. The summed E-state index contributed by atoms with van der Waals surface area (Å²) in [4.78, 5) is 19.1. The van der Waals surface area contributed by atoms with Crippen molar-refractivity contribution < 1.29 is 9.53 Å². The number of hydrogen-bond donors (Lipinski definition) is 1. The van der Waals surface area contributed by atoms with Gasteiger partial charge in [0.2, 0.25) is 5.95 Å². The lowest BCUT2D eigenvalue weighted by molar-refractivity contribution is -0.142. The van der Waals surface area contributed by atoms with Crippen molar-refractivity contribution in [2.75, 3.05) is 18.5 Å². The third-order valence-electron chi connectivity index (χ3n) is 1.89. The largest absolute Gasteiger partial charge is 0.466 e. The molecule has 6 nitrogen and oxygen atoms in total. The molecule has 6 heteroatoms. The summed E-state index contributed by atoms with van der Waals surface area (Å²) < 4.78 is 4.78. The van der Waals surface area contributed by atoms with Crippen LogP contribution in [0.4, 0.5) is 5.95 Å². The third kappa shape index (κ3) is 4.47. The topological polar surface area (TPSA) is 87.9 Å². The maximum Gasteiger partial charge on any atom is 0.307 e. The van der Waals surface area contributed by atoms with Crippen molar-refractivity contribution >= 4 is 11.9 Å². The Balaban J connectivity index is 2.50. The van der Waals surface area contributed by atoms with Gasteiger partial charge < -0.3 is 10.1 Å². The van der Waals surface area contributed by atoms with Crippen molar-refractivity contribution in [2.24, 2.45) is 0 Å². The van der Waals surface area contributed by atoms with Gasteiger partial charge in [-0.15, -0.1) is 0 Å². The molecule has 0 aliphatic heterocycles. The number of nitrogens with one attached hydrogen (secondary N) is 1. The molecule has 1 aromatic heterocycles. The predicted octanol–water partition coefficient (Wildman–Crippen LogP) is 1.02. The van der Waals surface area contributed by atoms with Gasteiger partial charge in [0.1, 0.15) is 11.8 Å². The van der Waals surface area contributed by atoms with Crippen LogP contribution >= 0.6 is 0 Å². The minimum Gasteiger partial charge on any atom is -0.466 e. The van der Waals surface area contributed by atoms with Crippen LogP contribution in [0.3, 0.4) is 0 Å². The molecule has 0 aromatic carbocycles. The summed E-state index contributed by atoms with van der Waals surface area (Å²) in [6, 6.07) is 3.54. The normalized spacial score (nSPS) is 9.47. The molecule has 1 aromatic rings. The molecule has 90 valence electrons. The fourth-order valence-electron chi connectivity index (χ4n) is 1.21. The van der Waals surface area contributed by atoms with Gasteiger partial charge in [0.25, 0.3) is 0 Å². The Labute approximate surface area is 99.6 Å². The van der Waals surface area contributed by atoms with Crippen LogP contribution in [-0.2, 0) is 9.53 Å². The second-order valence-corrected chi connectivity index (χ2v) is 3.31. The van der Waals surface area contributed by atoms with Gasteiger partial charge in [-0.3, -0.25) is 4.79 Å². The van der Waals surface area contributed by atoms with E-state index in [9.17, 15) is 4.79 Å². The molecule has 1 heterocycles. The quantitative estimate of drug-likeness (QED) is 0.765. The lowest BCUT2D eigenvalue weighted by atomic mass is 10.3. The Hall–Kier alpha value is -2.16. The van der Waals surface area contributed by atoms with E-state index in [0.29, 0.717) is 30.5 Å². The first-order valence-corrected chi connectivity index (χ1v) is 5.31. The third-order valence-corrected chi connectivity index (χ3v) is 1.89. The number of rotatable bonds is 5. The summed E-state index contributed by atoms with van der Waals surface area (Å²) >= 11 is 0. The van der Waals surface area contributed by atoms with Gasteiger partial charge in [0.15, 0.2) is 0 Å². The van der Waals surface area contributed by atoms with Crippen LogP contribution in [0.15, 0.2) is 6.07 Å². The van der Waals surface area contributed by atoms with Crippen LogP contribution in [0, 0.1) is 18.3 Å². The molecule has 0 saturated carbocycles. The fourth-order valence-corrected chi connectivity index (χ4v) is 1.21. The summed E-state index contributed by atoms with van der Waals surface area (Å²) in [5.74, 6) is 0.0824. The number of aryl methyl sites for hydroxylation is 1. The summed E-state index contributed by atoms with van der Waals surface area (Å²) in [7, 11) is 0. The van der Waals surface area contributed by atoms with Crippen LogP contribution in [-0.4, -0.2) is 29.1 Å². The molecule has 0 fully saturated rings. The molecule has 0 atom stereocenters. The van der Waals surface area contributed by atoms with E-state index < -0.39 is 0 Å². The average Bonchev–Trinajstić information content (AvgIpc) is 2.28. The number of hydrogen-bond acceptors (Lipinski definition) is 6. The zero-order chi connectivity index (χ0) is 12.7. The SMILES string of the molecule is CCOC(=O)CCNc1nc(C)cc(C#N)n1. The molecule has 17 heavy (non-hydrogen) atoms. The molecule has 1 rings (SSSR count). The van der Waals surface area contributed by atoms with E-state index in [1.807, 2.05) is 6.07 Å². The number of carbonyl (C=O) groups is 1. The molecule has 0 aliphatic carbocycles. The zero-order valence-electron chi connectivity index (χ0n) is 9.86. The summed E-state index contributed by atoms with van der Waals surface area (Å²) in [5, 5.41) is 11.6. The highest BCUT2D eigenvalue weighted by molar-refractivity contribution is 5.69. The number of anilines is 1. The molecule has 0 spiro atoms. The Bertz CT molecular complexity index is 440. The van der Waals surface area contributed by atoms with Gasteiger partial charge >= 0.3 is 5.97 Å². The van der Waals surface area contributed by atoms with E-state index >= 15 is 0 Å². The second-order valence-electron chi connectivity index (χ2n) is 3.31. The molecular formula is C11H14N4O2. The molecule has 1 N–H and O–H groups in total. The van der Waals surface area contributed by atoms with Crippen LogP contribution < -0.4 is 5.32 Å². The van der Waals surface area contributed by atoms with Crippen molar-refractivity contribution in [2.45, 2.75) is 20.3 Å². The molecular weight excluding hydrogens is 220 g/mol. The smallest absolute Gasteiger partial charge is 0.307 e. The Kier molecular flexibility index (Phi) is 4.88. The van der Waals surface area contributed by atoms with Gasteiger partial charge in [-0.2, -0.15) is 5.26 Å². The van der Waals surface area contributed by atoms with Gasteiger partial charge in [0.05, 0.1) is 13.0 Å². The van der Waals surface area contributed by atoms with Crippen molar-refractivity contribution in [1.82, 2.24) is 9.97 Å². The van der Waals surface area contributed by atoms with E-state index in [-0.39, 0.29) is 12.4 Å². The van der Waals surface area contributed by atoms with Gasteiger partial charge in [0, 0.05) is 12.2 Å². The van der Waals surface area contributed by atoms with Crippen molar-refractivity contribution in [3.63, 3.8) is 0 Å². The Morgan fingerprint density at radius 1 is 1.59 bits per heavy atom. The average molecular weight is 234 g/mol. The second kappa shape index (κ2) is 6.43. The van der Waals surface area contributed by atoms with Crippen molar-refractivity contribution in [3.8, 4) is 6.07 Å². The molecule has 0 aliphatic rings. The van der Waals surface area contributed by atoms with Crippen LogP contribution in [0.1, 0.15) is 24.7 Å². The Morgan fingerprint density at radius 3 is 3.00 bits per heavy atom. The first-order valence-electron chi connectivity index (χ1n) is 5.31. The fraction of sp³-hybridized carbons (Fsp3) is 0.455. The Morgan fingerprint density at radius 2 is 2.35 bits per heavy atom. The van der Waals surface area contributed by atoms with Crippen LogP contribution in [0.5, 0.6) is 0 Å². The maximum atomic E-state index is 11.1. The van der Waals surface area contributed by atoms with E-state index in [2.05, 4.69) is 15.3 Å². The minimum atomic E-state index is -0.270. The molecule has 0 unspecified atom stereocenters. The molecule has 0 saturated heterocycles. The standard InChI is InChI=1S/C11H14N4O2/c1-3-17-10(16)4-5-13-11-14-8(2)6-9(7-12)15-11/h6H,3-5H2,1-2H3,(H,13,14,15). The van der Waals surface area contributed by atoms with E-state index in [1.165, 1.54) is 0 Å². The number of aromatic nitrogens is 2. The molecule has 0 bridgehead atoms. The van der Waals surface area contributed by atoms with Crippen LogP contribution in [0.25, 0.3) is 0 Å². The van der Waals surface area contributed by atoms with E-state index in [1.54, 1.807) is 19.9 Å². The van der Waals surface area contributed by atoms with Crippen molar-refractivity contribution in [1.29, 1.82) is 5.26 Å². The molecule has 0 radical (unpaired) electrons. The highest BCUT2D eigenvalue weighted by atomic mass is 16.5. The number of nitrogens with zero attached hydrogens (tertiary/aromatic N) is 3. The van der Waals surface area contributed by atoms with Gasteiger partial charge in [-0.25, -0.2) is 9.97 Å². The van der Waals surface area contributed by atoms with E-state index in [4.69, 9.17) is 10.00 Å². The maximum absolute atomic E-state index is 11.1. The first-order chi connectivity index (χ1) is 8.15. The van der Waals surface area contributed by atoms with Gasteiger partial charge in [-0.05, 0) is 19.9 Å². The van der Waals surface area contributed by atoms with E-state index in [0.717, 1.165) is 0 Å². The number of carbonyl (C=O) groups excluding carboxylic acids is 1. The number of nitriles is 1. The summed E-state index contributed by atoms with van der Waals surface area (Å²) in [6.07, 6.45) is 0.243. The first kappa shape index (κ1) is 12.9. The highest BCUT2D eigenvalue weighted by Crippen LogP contribution is 2.03. The lowest BCUT2D eigenvalue weighted by Gasteiger charge is -2.05. The summed E-state index contributed by atoms with van der Waals surface area (Å²) in [6.45, 7) is 4.29. The lowest BCUT2D eigenvalue weighted by Crippen LogP contribution is -2.13. The minimum absolute atomic E-state index is 0.243. The highest BCUT2D eigenvalue weighted by Gasteiger charge is 2.04. The zero-order valence-corrected chi connectivity index (χ0v) is 9.86.